The molecule has 1 aromatic carbocycles. The number of benzene rings is 1. The molecular weight excluding hydrogens is 300 g/mol. The zero-order valence-corrected chi connectivity index (χ0v) is 12.2. The number of rotatable bonds is 3. The predicted octanol–water partition coefficient (Wildman–Crippen LogP) is 4.39. The molecule has 0 aliphatic rings. The molecule has 0 amide bonds. The van der Waals surface area contributed by atoms with Crippen molar-refractivity contribution in [3.63, 3.8) is 0 Å². The highest BCUT2D eigenvalue weighted by molar-refractivity contribution is 6.30. The van der Waals surface area contributed by atoms with Crippen molar-refractivity contribution in [2.24, 2.45) is 0 Å². The van der Waals surface area contributed by atoms with Crippen LogP contribution in [0.25, 0.3) is 16.9 Å². The molecule has 0 atom stereocenters. The smallest absolute Gasteiger partial charge is 0.180 e. The predicted molar refractivity (Wildman–Crippen MR) is 85.4 cm³/mol. The van der Waals surface area contributed by atoms with Crippen LogP contribution in [0.5, 0.6) is 0 Å². The first-order valence-electron chi connectivity index (χ1n) is 6.68. The minimum atomic E-state index is 0.672. The Balaban J connectivity index is 1.81. The van der Waals surface area contributed by atoms with Crippen LogP contribution in [0, 0.1) is 0 Å². The fourth-order valence-electron chi connectivity index (χ4n) is 2.23. The van der Waals surface area contributed by atoms with E-state index in [9.17, 15) is 0 Å². The first-order chi connectivity index (χ1) is 10.8. The molecule has 6 heteroatoms. The fraction of sp³-hybridized carbons (Fsp3) is 0. The van der Waals surface area contributed by atoms with E-state index in [0.717, 1.165) is 22.6 Å². The van der Waals surface area contributed by atoms with Gasteiger partial charge in [0.1, 0.15) is 0 Å². The Morgan fingerprint density at radius 2 is 2.00 bits per heavy atom. The van der Waals surface area contributed by atoms with Crippen LogP contribution in [0.3, 0.4) is 0 Å². The largest absolute Gasteiger partial charge is 0.472 e. The maximum Gasteiger partial charge on any atom is 0.180 e. The van der Waals surface area contributed by atoms with Gasteiger partial charge in [-0.05, 0) is 30.3 Å². The Bertz CT molecular complexity index is 913. The van der Waals surface area contributed by atoms with Gasteiger partial charge < -0.3 is 14.1 Å². The molecule has 0 saturated heterocycles. The van der Waals surface area contributed by atoms with Gasteiger partial charge in [0.25, 0.3) is 0 Å². The number of anilines is 2. The van der Waals surface area contributed by atoms with E-state index in [1.807, 2.05) is 47.1 Å². The van der Waals surface area contributed by atoms with Crippen molar-refractivity contribution in [2.75, 3.05) is 5.32 Å². The second-order valence-electron chi connectivity index (χ2n) is 4.78. The van der Waals surface area contributed by atoms with Gasteiger partial charge in [-0.1, -0.05) is 11.6 Å². The molecule has 4 aromatic rings. The van der Waals surface area contributed by atoms with E-state index in [2.05, 4.69) is 15.3 Å². The Morgan fingerprint density at radius 3 is 2.77 bits per heavy atom. The maximum absolute atomic E-state index is 5.91. The highest BCUT2D eigenvalue weighted by atomic mass is 35.5. The molecule has 0 unspecified atom stereocenters. The van der Waals surface area contributed by atoms with Crippen molar-refractivity contribution in [1.29, 1.82) is 0 Å². The van der Waals surface area contributed by atoms with Crippen LogP contribution < -0.4 is 5.32 Å². The monoisotopic (exact) mass is 310 g/mol. The van der Waals surface area contributed by atoms with E-state index >= 15 is 0 Å². The molecule has 0 bridgehead atoms. The van der Waals surface area contributed by atoms with Gasteiger partial charge in [0.05, 0.1) is 18.2 Å². The van der Waals surface area contributed by atoms with E-state index in [1.165, 1.54) is 0 Å². The number of hydrogen-bond donors (Lipinski definition) is 1. The molecule has 22 heavy (non-hydrogen) atoms. The summed E-state index contributed by atoms with van der Waals surface area (Å²) in [6.45, 7) is 0. The van der Waals surface area contributed by atoms with Gasteiger partial charge in [0, 0.05) is 34.9 Å². The molecule has 0 aliphatic carbocycles. The number of aromatic nitrogens is 3. The van der Waals surface area contributed by atoms with Gasteiger partial charge >= 0.3 is 0 Å². The molecule has 0 aliphatic heterocycles. The third-order valence-corrected chi connectivity index (χ3v) is 3.55. The maximum atomic E-state index is 5.91. The molecule has 0 spiro atoms. The third-order valence-electron chi connectivity index (χ3n) is 3.30. The van der Waals surface area contributed by atoms with Gasteiger partial charge in [-0.25, -0.2) is 9.97 Å². The Labute approximate surface area is 131 Å². The fourth-order valence-corrected chi connectivity index (χ4v) is 2.36. The lowest BCUT2D eigenvalue weighted by molar-refractivity contribution is 0.568. The van der Waals surface area contributed by atoms with Crippen molar-refractivity contribution in [1.82, 2.24) is 14.4 Å². The van der Waals surface area contributed by atoms with E-state index in [4.69, 9.17) is 16.0 Å². The summed E-state index contributed by atoms with van der Waals surface area (Å²) in [4.78, 5) is 8.99. The molecule has 0 fully saturated rings. The first-order valence-corrected chi connectivity index (χ1v) is 7.06. The van der Waals surface area contributed by atoms with Gasteiger partial charge in [0.15, 0.2) is 11.5 Å². The van der Waals surface area contributed by atoms with Crippen molar-refractivity contribution >= 4 is 28.8 Å². The van der Waals surface area contributed by atoms with E-state index in [1.54, 1.807) is 18.7 Å². The number of nitrogens with zero attached hydrogens (tertiary/aromatic N) is 3. The minimum Gasteiger partial charge on any atom is -0.472 e. The summed E-state index contributed by atoms with van der Waals surface area (Å²) in [6, 6.07) is 9.32. The molecule has 0 radical (unpaired) electrons. The van der Waals surface area contributed by atoms with Gasteiger partial charge in [-0.2, -0.15) is 0 Å². The summed E-state index contributed by atoms with van der Waals surface area (Å²) >= 11 is 5.91. The quantitative estimate of drug-likeness (QED) is 0.610. The van der Waals surface area contributed by atoms with Crippen LogP contribution in [-0.2, 0) is 0 Å². The molecule has 5 nitrogen and oxygen atoms in total. The number of fused-ring (bicyclic) bond motifs is 1. The van der Waals surface area contributed by atoms with Crippen LogP contribution in [0.15, 0.2) is 65.9 Å². The molecule has 108 valence electrons. The number of hydrogen-bond acceptors (Lipinski definition) is 4. The minimum absolute atomic E-state index is 0.672. The summed E-state index contributed by atoms with van der Waals surface area (Å²) in [5, 5.41) is 3.97. The van der Waals surface area contributed by atoms with Gasteiger partial charge in [-0.15, -0.1) is 0 Å². The lowest BCUT2D eigenvalue weighted by Gasteiger charge is -2.09. The Kier molecular flexibility index (Phi) is 3.05. The summed E-state index contributed by atoms with van der Waals surface area (Å²) in [6.07, 6.45) is 8.83. The topological polar surface area (TPSA) is 55.4 Å². The Morgan fingerprint density at radius 1 is 1.14 bits per heavy atom. The van der Waals surface area contributed by atoms with Crippen LogP contribution >= 0.6 is 11.6 Å². The second-order valence-corrected chi connectivity index (χ2v) is 5.21. The van der Waals surface area contributed by atoms with Crippen LogP contribution in [0.1, 0.15) is 0 Å². The average molecular weight is 311 g/mol. The van der Waals surface area contributed by atoms with E-state index < -0.39 is 0 Å². The van der Waals surface area contributed by atoms with Crippen LogP contribution in [0.4, 0.5) is 11.5 Å². The van der Waals surface area contributed by atoms with Crippen LogP contribution in [-0.4, -0.2) is 14.4 Å². The highest BCUT2D eigenvalue weighted by Crippen LogP contribution is 2.25. The number of halogens is 1. The summed E-state index contributed by atoms with van der Waals surface area (Å²) in [7, 11) is 0. The van der Waals surface area contributed by atoms with E-state index in [-0.39, 0.29) is 0 Å². The van der Waals surface area contributed by atoms with Gasteiger partial charge in [0.2, 0.25) is 0 Å². The molecule has 1 N–H and O–H groups in total. The zero-order chi connectivity index (χ0) is 14.9. The van der Waals surface area contributed by atoms with Crippen LogP contribution in [0.2, 0.25) is 5.02 Å². The van der Waals surface area contributed by atoms with Crippen molar-refractivity contribution in [2.45, 2.75) is 0 Å². The SMILES string of the molecule is Clc1ccc(Nc2nc(-c3ccoc3)cn3ccnc23)cc1. The number of furan rings is 1. The van der Waals surface area contributed by atoms with Crippen molar-refractivity contribution < 1.29 is 4.42 Å². The Hall–Kier alpha value is -2.79. The summed E-state index contributed by atoms with van der Waals surface area (Å²) in [5.41, 5.74) is 3.36. The third kappa shape index (κ3) is 2.31. The average Bonchev–Trinajstić information content (AvgIpc) is 3.20. The highest BCUT2D eigenvalue weighted by Gasteiger charge is 2.10. The molecular formula is C16H11ClN4O. The molecule has 3 heterocycles. The first kappa shape index (κ1) is 12.9. The molecule has 4 rings (SSSR count). The second kappa shape index (κ2) is 5.20. The van der Waals surface area contributed by atoms with E-state index in [0.29, 0.717) is 10.8 Å². The number of nitrogens with one attached hydrogen (secondary N) is 1. The lowest BCUT2D eigenvalue weighted by atomic mass is 10.2. The summed E-state index contributed by atoms with van der Waals surface area (Å²) in [5.74, 6) is 0.672. The normalized spacial score (nSPS) is 11.0. The molecule has 3 aromatic heterocycles. The molecule has 0 saturated carbocycles. The standard InChI is InChI=1S/C16H11ClN4O/c17-12-1-3-13(4-2-12)19-15-16-18-6-7-21(16)9-14(20-15)11-5-8-22-10-11/h1-10H,(H,19,20). The summed E-state index contributed by atoms with van der Waals surface area (Å²) < 4.78 is 7.06. The van der Waals surface area contributed by atoms with Gasteiger partial charge in [-0.3, -0.25) is 0 Å². The lowest BCUT2D eigenvalue weighted by Crippen LogP contribution is -1.99. The van der Waals surface area contributed by atoms with Crippen molar-refractivity contribution in [3.05, 3.63) is 66.5 Å². The van der Waals surface area contributed by atoms with Crippen molar-refractivity contribution in [3.8, 4) is 11.3 Å². The number of imidazole rings is 1. The zero-order valence-electron chi connectivity index (χ0n) is 11.4.